The van der Waals surface area contributed by atoms with E-state index in [1.54, 1.807) is 0 Å². The predicted molar refractivity (Wildman–Crippen MR) is 72.1 cm³/mol. The topological polar surface area (TPSA) is 64.1 Å². The molecule has 3 aromatic rings. The van der Waals surface area contributed by atoms with Crippen LogP contribution in [0.5, 0.6) is 5.75 Å². The highest BCUT2D eigenvalue weighted by atomic mass is 19.2. The number of aromatic nitrogens is 2. The van der Waals surface area contributed by atoms with Crippen molar-refractivity contribution >= 4 is 16.7 Å². The lowest BCUT2D eigenvalue weighted by Crippen LogP contribution is -2.07. The third-order valence-electron chi connectivity index (χ3n) is 3.39. The molecule has 114 valence electrons. The molecule has 3 rings (SSSR count). The third kappa shape index (κ3) is 1.80. The summed E-state index contributed by atoms with van der Waals surface area (Å²) in [5.41, 5.74) is 3.43. The van der Waals surface area contributed by atoms with Gasteiger partial charge < -0.3 is 15.4 Å². The van der Waals surface area contributed by atoms with Gasteiger partial charge in [-0.2, -0.15) is 0 Å². The minimum atomic E-state index is -1.68. The molecule has 0 saturated carbocycles. The number of halogens is 4. The fourth-order valence-corrected chi connectivity index (χ4v) is 2.25. The van der Waals surface area contributed by atoms with E-state index in [2.05, 4.69) is 4.98 Å². The first-order chi connectivity index (χ1) is 10.3. The molecule has 1 aromatic heterocycles. The Morgan fingerprint density at radius 1 is 1.05 bits per heavy atom. The van der Waals surface area contributed by atoms with Crippen molar-refractivity contribution < 1.29 is 22.7 Å². The first kappa shape index (κ1) is 14.2. The molecule has 3 N–H and O–H groups in total. The highest BCUT2D eigenvalue weighted by Crippen LogP contribution is 2.34. The van der Waals surface area contributed by atoms with Gasteiger partial charge in [-0.05, 0) is 12.1 Å². The van der Waals surface area contributed by atoms with E-state index in [1.165, 1.54) is 29.8 Å². The molecule has 0 radical (unpaired) electrons. The summed E-state index contributed by atoms with van der Waals surface area (Å²) in [7, 11) is 1.40. The van der Waals surface area contributed by atoms with E-state index in [0.717, 1.165) is 0 Å². The van der Waals surface area contributed by atoms with E-state index >= 15 is 0 Å². The Morgan fingerprint density at radius 2 is 1.64 bits per heavy atom. The number of hydrogen-bond acceptors (Lipinski definition) is 3. The Hall–Kier alpha value is -2.77. The number of rotatable bonds is 1. The van der Waals surface area contributed by atoms with Crippen molar-refractivity contribution in [2.75, 3.05) is 5.73 Å². The average molecular weight is 311 g/mol. The Labute approximate surface area is 121 Å². The molecule has 0 atom stereocenters. The molecule has 0 amide bonds. The summed E-state index contributed by atoms with van der Waals surface area (Å²) >= 11 is 0. The van der Waals surface area contributed by atoms with Crippen LogP contribution in [-0.2, 0) is 7.05 Å². The fourth-order valence-electron chi connectivity index (χ4n) is 2.25. The number of phenolic OH excluding ortho intramolecular Hbond substituents is 1. The summed E-state index contributed by atoms with van der Waals surface area (Å²) in [5, 5.41) is 9.44. The molecule has 22 heavy (non-hydrogen) atoms. The number of aryl methyl sites for hydroxylation is 1. The molecule has 0 saturated heterocycles. The zero-order valence-corrected chi connectivity index (χ0v) is 11.2. The summed E-state index contributed by atoms with van der Waals surface area (Å²) < 4.78 is 56.4. The second kappa shape index (κ2) is 4.62. The highest BCUT2D eigenvalue weighted by Gasteiger charge is 2.27. The van der Waals surface area contributed by atoms with Gasteiger partial charge in [-0.1, -0.05) is 0 Å². The van der Waals surface area contributed by atoms with E-state index < -0.39 is 34.5 Å². The van der Waals surface area contributed by atoms with Crippen molar-refractivity contribution in [3.05, 3.63) is 41.5 Å². The first-order valence-electron chi connectivity index (χ1n) is 6.10. The average Bonchev–Trinajstić information content (AvgIpc) is 2.80. The lowest BCUT2D eigenvalue weighted by molar-refractivity contribution is 0.463. The number of phenols is 1. The van der Waals surface area contributed by atoms with Gasteiger partial charge >= 0.3 is 0 Å². The van der Waals surface area contributed by atoms with Crippen LogP contribution in [0.25, 0.3) is 22.4 Å². The van der Waals surface area contributed by atoms with Gasteiger partial charge in [0.1, 0.15) is 17.3 Å². The number of imidazole rings is 1. The number of nitrogens with two attached hydrogens (primary N) is 1. The number of fused-ring (bicyclic) bond motifs is 1. The van der Waals surface area contributed by atoms with Gasteiger partial charge in [0, 0.05) is 13.1 Å². The second-order valence-electron chi connectivity index (χ2n) is 4.71. The molecule has 0 aliphatic carbocycles. The van der Waals surface area contributed by atoms with Crippen LogP contribution in [0.1, 0.15) is 0 Å². The summed E-state index contributed by atoms with van der Waals surface area (Å²) in [6, 6.07) is 4.05. The molecule has 0 bridgehead atoms. The van der Waals surface area contributed by atoms with Gasteiger partial charge in [0.2, 0.25) is 0 Å². The molecule has 0 aliphatic rings. The summed E-state index contributed by atoms with van der Waals surface area (Å²) in [6.45, 7) is 0. The molecule has 0 fully saturated rings. The number of aromatic hydroxyl groups is 1. The Kier molecular flexibility index (Phi) is 2.98. The van der Waals surface area contributed by atoms with E-state index in [4.69, 9.17) is 5.73 Å². The van der Waals surface area contributed by atoms with Crippen LogP contribution in [0, 0.1) is 23.3 Å². The normalized spacial score (nSPS) is 11.3. The lowest BCUT2D eigenvalue weighted by atomic mass is 10.1. The van der Waals surface area contributed by atoms with Crippen molar-refractivity contribution in [1.82, 2.24) is 9.55 Å². The zero-order valence-electron chi connectivity index (χ0n) is 11.2. The van der Waals surface area contributed by atoms with Crippen LogP contribution in [0.2, 0.25) is 0 Å². The molecule has 4 nitrogen and oxygen atoms in total. The molecule has 0 spiro atoms. The standard InChI is InChI=1S/C14H9F4N3O/c1-21-7-4-5(22)2-3-6(7)20-14(21)8-9(15)11(17)13(19)12(18)10(8)16/h2-4,22H,19H2,1H3. The first-order valence-corrected chi connectivity index (χ1v) is 6.10. The van der Waals surface area contributed by atoms with Crippen molar-refractivity contribution in [1.29, 1.82) is 0 Å². The zero-order chi connectivity index (χ0) is 16.2. The third-order valence-corrected chi connectivity index (χ3v) is 3.39. The maximum atomic E-state index is 14.0. The summed E-state index contributed by atoms with van der Waals surface area (Å²) in [6.07, 6.45) is 0. The SMILES string of the molecule is Cn1c(-c2c(F)c(F)c(N)c(F)c2F)nc2ccc(O)cc21. The van der Waals surface area contributed by atoms with Gasteiger partial charge in [0.15, 0.2) is 23.3 Å². The van der Waals surface area contributed by atoms with Crippen LogP contribution in [0.4, 0.5) is 23.2 Å². The van der Waals surface area contributed by atoms with Gasteiger partial charge in [-0.3, -0.25) is 0 Å². The lowest BCUT2D eigenvalue weighted by Gasteiger charge is -2.09. The van der Waals surface area contributed by atoms with Crippen LogP contribution >= 0.6 is 0 Å². The van der Waals surface area contributed by atoms with Crippen LogP contribution in [0.3, 0.4) is 0 Å². The van der Waals surface area contributed by atoms with Gasteiger partial charge in [-0.25, -0.2) is 22.5 Å². The molecule has 0 unspecified atom stereocenters. The van der Waals surface area contributed by atoms with E-state index in [9.17, 15) is 22.7 Å². The van der Waals surface area contributed by atoms with Crippen molar-refractivity contribution in [3.63, 3.8) is 0 Å². The van der Waals surface area contributed by atoms with E-state index in [-0.39, 0.29) is 11.6 Å². The Balaban J connectivity index is 2.40. The second-order valence-corrected chi connectivity index (χ2v) is 4.71. The smallest absolute Gasteiger partial charge is 0.185 e. The number of anilines is 1. The van der Waals surface area contributed by atoms with Crippen LogP contribution < -0.4 is 5.73 Å². The maximum absolute atomic E-state index is 14.0. The maximum Gasteiger partial charge on any atom is 0.185 e. The molecule has 8 heteroatoms. The molecule has 2 aromatic carbocycles. The Morgan fingerprint density at radius 3 is 2.23 bits per heavy atom. The minimum absolute atomic E-state index is 0.0855. The Bertz CT molecular complexity index is 891. The van der Waals surface area contributed by atoms with Crippen molar-refractivity contribution in [2.24, 2.45) is 7.05 Å². The number of nitrogens with zero attached hydrogens (tertiary/aromatic N) is 2. The van der Waals surface area contributed by atoms with Crippen LogP contribution in [-0.4, -0.2) is 14.7 Å². The van der Waals surface area contributed by atoms with Crippen molar-refractivity contribution in [3.8, 4) is 17.1 Å². The largest absolute Gasteiger partial charge is 0.508 e. The van der Waals surface area contributed by atoms with Gasteiger partial charge in [-0.15, -0.1) is 0 Å². The molecular weight excluding hydrogens is 302 g/mol. The summed E-state index contributed by atoms with van der Waals surface area (Å²) in [4.78, 5) is 3.95. The van der Waals surface area contributed by atoms with E-state index in [1.807, 2.05) is 0 Å². The van der Waals surface area contributed by atoms with Gasteiger partial charge in [0.25, 0.3) is 0 Å². The highest BCUT2D eigenvalue weighted by molar-refractivity contribution is 5.82. The predicted octanol–water partition coefficient (Wildman–Crippen LogP) is 3.08. The number of nitrogen functional groups attached to an aromatic ring is 1. The molecule has 1 heterocycles. The monoisotopic (exact) mass is 311 g/mol. The van der Waals surface area contributed by atoms with Gasteiger partial charge in [0.05, 0.1) is 16.6 Å². The van der Waals surface area contributed by atoms with Crippen LogP contribution in [0.15, 0.2) is 18.2 Å². The minimum Gasteiger partial charge on any atom is -0.508 e. The number of hydrogen-bond donors (Lipinski definition) is 2. The quantitative estimate of drug-likeness (QED) is 0.412. The summed E-state index contributed by atoms with van der Waals surface area (Å²) in [5.74, 6) is -7.02. The van der Waals surface area contributed by atoms with E-state index in [0.29, 0.717) is 11.0 Å². The van der Waals surface area contributed by atoms with Crippen molar-refractivity contribution in [2.45, 2.75) is 0 Å². The fraction of sp³-hybridized carbons (Fsp3) is 0.0714. The number of benzene rings is 2. The molecular formula is C14H9F4N3O. The molecule has 0 aliphatic heterocycles.